The summed E-state index contributed by atoms with van der Waals surface area (Å²) in [5.74, 6) is 0. The first-order chi connectivity index (χ1) is 14.3. The highest BCUT2D eigenvalue weighted by atomic mass is 32.2. The van der Waals surface area contributed by atoms with E-state index < -0.39 is 34.9 Å². The highest BCUT2D eigenvalue weighted by molar-refractivity contribution is 8.00. The summed E-state index contributed by atoms with van der Waals surface area (Å²) in [6.07, 6.45) is -6.14. The maximum atomic E-state index is 12.5. The fraction of sp³-hybridized carbons (Fsp3) is 0.455. The van der Waals surface area contributed by atoms with Crippen molar-refractivity contribution in [2.75, 3.05) is 6.61 Å². The van der Waals surface area contributed by atoms with E-state index in [1.165, 1.54) is 0 Å². The molecule has 0 radical (unpaired) electrons. The third kappa shape index (κ3) is 3.88. The monoisotopic (exact) mass is 438 g/mol. The number of aliphatic hydroxyl groups excluding tert-OH is 4. The van der Waals surface area contributed by atoms with E-state index in [2.05, 4.69) is 0 Å². The Morgan fingerprint density at radius 1 is 1.00 bits per heavy atom. The first kappa shape index (κ1) is 21.7. The van der Waals surface area contributed by atoms with Crippen LogP contribution in [0.5, 0.6) is 0 Å². The van der Waals surface area contributed by atoms with Gasteiger partial charge in [-0.15, -0.1) is 11.8 Å². The van der Waals surface area contributed by atoms with E-state index in [1.54, 1.807) is 12.1 Å². The number of aliphatic hydroxyl groups is 4. The topological polar surface area (TPSA) is 90.2 Å². The van der Waals surface area contributed by atoms with Crippen LogP contribution >= 0.6 is 11.8 Å². The molecule has 4 N–H and O–H groups in total. The van der Waals surface area contributed by atoms with Crippen molar-refractivity contribution >= 4 is 11.8 Å². The maximum absolute atomic E-state index is 12.5. The molecule has 1 spiro atoms. The third-order valence-electron chi connectivity index (χ3n) is 5.76. The van der Waals surface area contributed by atoms with Crippen molar-refractivity contribution in [1.82, 2.24) is 0 Å². The van der Waals surface area contributed by atoms with Crippen LogP contribution in [-0.2, 0) is 29.1 Å². The van der Waals surface area contributed by atoms with Gasteiger partial charge in [-0.05, 0) is 28.7 Å². The fourth-order valence-electron chi connectivity index (χ4n) is 4.14. The maximum Gasteiger partial charge on any atom is 0.242 e. The van der Waals surface area contributed by atoms with Crippen LogP contribution < -0.4 is 0 Å². The van der Waals surface area contributed by atoms with Gasteiger partial charge < -0.3 is 25.2 Å². The van der Waals surface area contributed by atoms with Gasteiger partial charge in [-0.25, -0.2) is 8.78 Å². The lowest BCUT2D eigenvalue weighted by molar-refractivity contribution is -0.147. The number of thioether (sulfide) groups is 1. The van der Waals surface area contributed by atoms with Gasteiger partial charge in [0.1, 0.15) is 12.2 Å². The van der Waals surface area contributed by atoms with Crippen LogP contribution in [0.15, 0.2) is 42.5 Å². The van der Waals surface area contributed by atoms with Crippen molar-refractivity contribution in [2.45, 2.75) is 54.4 Å². The van der Waals surface area contributed by atoms with Crippen LogP contribution in [0.3, 0.4) is 0 Å². The molecule has 0 bridgehead atoms. The van der Waals surface area contributed by atoms with Gasteiger partial charge in [-0.3, -0.25) is 0 Å². The van der Waals surface area contributed by atoms with Crippen LogP contribution in [0.1, 0.15) is 27.8 Å². The zero-order chi connectivity index (χ0) is 21.5. The number of hydrogen-bond donors (Lipinski definition) is 4. The molecule has 5 atom stereocenters. The van der Waals surface area contributed by atoms with Crippen LogP contribution in [0.2, 0.25) is 0 Å². The molecule has 8 heteroatoms. The van der Waals surface area contributed by atoms with E-state index in [0.29, 0.717) is 12.0 Å². The zero-order valence-electron chi connectivity index (χ0n) is 16.1. The molecule has 0 amide bonds. The molecular formula is C22H24F2O5S. The minimum absolute atomic E-state index is 0.253. The third-order valence-corrected chi connectivity index (χ3v) is 7.42. The number of hydrogen-bond acceptors (Lipinski definition) is 6. The molecule has 2 heterocycles. The lowest BCUT2D eigenvalue weighted by Crippen LogP contribution is -2.58. The first-order valence-corrected chi connectivity index (χ1v) is 10.7. The molecule has 30 heavy (non-hydrogen) atoms. The van der Waals surface area contributed by atoms with Gasteiger partial charge in [0.05, 0.1) is 24.6 Å². The van der Waals surface area contributed by atoms with Gasteiger partial charge >= 0.3 is 0 Å². The minimum Gasteiger partial charge on any atom is -0.395 e. The Morgan fingerprint density at radius 3 is 2.33 bits per heavy atom. The standard InChI is InChI=1S/C22H24F2O5S/c23-18(24)9-13-3-1-12(2-4-13)7-14-5-6-15-11-29-22(16(15)8-14)21(28)20(27)19(26)17(10-25)30-22/h1-6,8,17-21,25-28H,7,9-11H2/t17-,19-,20+,21-,22+/m1/s1. The Labute approximate surface area is 177 Å². The summed E-state index contributed by atoms with van der Waals surface area (Å²) in [6, 6.07) is 12.8. The number of fused-ring (bicyclic) bond motifs is 2. The summed E-state index contributed by atoms with van der Waals surface area (Å²) < 4.78 is 31.0. The minimum atomic E-state index is -2.38. The van der Waals surface area contributed by atoms with Gasteiger partial charge in [0.15, 0.2) is 4.93 Å². The molecule has 2 aromatic rings. The second kappa shape index (κ2) is 8.53. The largest absolute Gasteiger partial charge is 0.395 e. The van der Waals surface area contributed by atoms with Gasteiger partial charge in [0.25, 0.3) is 0 Å². The van der Waals surface area contributed by atoms with E-state index in [0.717, 1.165) is 34.0 Å². The van der Waals surface area contributed by atoms with E-state index in [9.17, 15) is 29.2 Å². The molecule has 0 saturated carbocycles. The Bertz CT molecular complexity index is 892. The molecule has 1 saturated heterocycles. The lowest BCUT2D eigenvalue weighted by atomic mass is 9.91. The van der Waals surface area contributed by atoms with Crippen LogP contribution in [0.25, 0.3) is 0 Å². The molecule has 0 unspecified atom stereocenters. The first-order valence-electron chi connectivity index (χ1n) is 9.79. The lowest BCUT2D eigenvalue weighted by Gasteiger charge is -2.45. The van der Waals surface area contributed by atoms with Crippen molar-refractivity contribution in [3.05, 3.63) is 70.3 Å². The summed E-state index contributed by atoms with van der Waals surface area (Å²) in [5.41, 5.74) is 4.07. The van der Waals surface area contributed by atoms with Gasteiger partial charge in [-0.1, -0.05) is 42.5 Å². The molecule has 2 aliphatic rings. The molecule has 0 aliphatic carbocycles. The second-order valence-corrected chi connectivity index (χ2v) is 9.25. The predicted molar refractivity (Wildman–Crippen MR) is 108 cm³/mol. The molecular weight excluding hydrogens is 414 g/mol. The number of benzene rings is 2. The van der Waals surface area contributed by atoms with Crippen molar-refractivity contribution in [1.29, 1.82) is 0 Å². The fourth-order valence-corrected chi connectivity index (χ4v) is 5.68. The van der Waals surface area contributed by atoms with Crippen LogP contribution in [-0.4, -0.2) is 57.0 Å². The van der Waals surface area contributed by atoms with Crippen molar-refractivity contribution in [3.8, 4) is 0 Å². The molecule has 5 nitrogen and oxygen atoms in total. The average molecular weight is 438 g/mol. The highest BCUT2D eigenvalue weighted by Gasteiger charge is 2.57. The number of halogens is 2. The number of rotatable bonds is 5. The summed E-state index contributed by atoms with van der Waals surface area (Å²) in [4.78, 5) is -1.27. The number of alkyl halides is 2. The molecule has 2 aromatic carbocycles. The van der Waals surface area contributed by atoms with Crippen LogP contribution in [0.4, 0.5) is 8.78 Å². The Balaban J connectivity index is 1.60. The normalized spacial score (nSPS) is 30.8. The zero-order valence-corrected chi connectivity index (χ0v) is 16.9. The molecule has 1 fully saturated rings. The SMILES string of the molecule is OC[C@H]1S[C@]2(OCc3ccc(Cc4ccc(CC(F)F)cc4)cc32)[C@H](O)[C@@H](O)[C@@H]1O. The van der Waals surface area contributed by atoms with E-state index in [4.69, 9.17) is 4.74 Å². The summed E-state index contributed by atoms with van der Waals surface area (Å²) in [5, 5.41) is 40.1. The van der Waals surface area contributed by atoms with E-state index in [1.807, 2.05) is 30.3 Å². The smallest absolute Gasteiger partial charge is 0.242 e. The Hall–Kier alpha value is -1.55. The van der Waals surface area contributed by atoms with Crippen molar-refractivity contribution in [3.63, 3.8) is 0 Å². The highest BCUT2D eigenvalue weighted by Crippen LogP contribution is 2.54. The van der Waals surface area contributed by atoms with Crippen LogP contribution in [0, 0.1) is 0 Å². The number of ether oxygens (including phenoxy) is 1. The quantitative estimate of drug-likeness (QED) is 0.571. The van der Waals surface area contributed by atoms with Crippen molar-refractivity contribution < 1.29 is 33.9 Å². The van der Waals surface area contributed by atoms with Gasteiger partial charge in [-0.2, -0.15) is 0 Å². The Kier molecular flexibility index (Phi) is 6.16. The summed E-state index contributed by atoms with van der Waals surface area (Å²) >= 11 is 1.12. The van der Waals surface area contributed by atoms with E-state index >= 15 is 0 Å². The van der Waals surface area contributed by atoms with Crippen molar-refractivity contribution in [2.24, 2.45) is 0 Å². The summed E-state index contributed by atoms with van der Waals surface area (Å²) in [7, 11) is 0. The molecule has 0 aromatic heterocycles. The summed E-state index contributed by atoms with van der Waals surface area (Å²) in [6.45, 7) is -0.107. The van der Waals surface area contributed by atoms with Gasteiger partial charge in [0.2, 0.25) is 6.43 Å². The molecule has 2 aliphatic heterocycles. The molecule has 162 valence electrons. The molecule has 4 rings (SSSR count). The van der Waals surface area contributed by atoms with E-state index in [-0.39, 0.29) is 19.6 Å². The average Bonchev–Trinajstić information content (AvgIpc) is 3.09. The Morgan fingerprint density at radius 2 is 1.67 bits per heavy atom. The predicted octanol–water partition coefficient (Wildman–Crippen LogP) is 1.96. The van der Waals surface area contributed by atoms with Gasteiger partial charge in [0, 0.05) is 12.0 Å². The second-order valence-electron chi connectivity index (χ2n) is 7.80.